The van der Waals surface area contributed by atoms with Crippen LogP contribution >= 0.6 is 0 Å². The van der Waals surface area contributed by atoms with Gasteiger partial charge in [-0.2, -0.15) is 0 Å². The van der Waals surface area contributed by atoms with Crippen LogP contribution in [0, 0.1) is 5.92 Å². The first-order valence-corrected chi connectivity index (χ1v) is 7.30. The third-order valence-electron chi connectivity index (χ3n) is 3.95. The third-order valence-corrected chi connectivity index (χ3v) is 3.95. The average Bonchev–Trinajstić information content (AvgIpc) is 2.65. The molecule has 100 valence electrons. The number of hydrogen-bond acceptors (Lipinski definition) is 2. The zero-order chi connectivity index (χ0) is 12.8. The van der Waals surface area contributed by atoms with Crippen LogP contribution in [-0.2, 0) is 0 Å². The summed E-state index contributed by atoms with van der Waals surface area (Å²) in [6.07, 6.45) is 2.54. The first-order valence-electron chi connectivity index (χ1n) is 7.30. The second-order valence-corrected chi connectivity index (χ2v) is 5.54. The molecule has 0 saturated carbocycles. The van der Waals surface area contributed by atoms with Crippen LogP contribution in [0.15, 0.2) is 30.3 Å². The molecule has 1 aromatic rings. The summed E-state index contributed by atoms with van der Waals surface area (Å²) >= 11 is 0. The lowest BCUT2D eigenvalue weighted by molar-refractivity contribution is 0.231. The van der Waals surface area contributed by atoms with E-state index < -0.39 is 0 Å². The minimum Gasteiger partial charge on any atom is -0.309 e. The molecule has 1 saturated heterocycles. The Labute approximate surface area is 111 Å². The van der Waals surface area contributed by atoms with Crippen molar-refractivity contribution in [2.45, 2.75) is 32.7 Å². The molecule has 2 rings (SSSR count). The molecule has 0 amide bonds. The molecule has 1 N–H and O–H groups in total. The molecule has 1 heterocycles. The van der Waals surface area contributed by atoms with Crippen molar-refractivity contribution in [2.75, 3.05) is 26.2 Å². The number of nitrogens with zero attached hydrogens (tertiary/aromatic N) is 1. The number of nitrogens with one attached hydrogen (secondary N) is 1. The molecule has 0 spiro atoms. The fourth-order valence-corrected chi connectivity index (χ4v) is 2.64. The van der Waals surface area contributed by atoms with E-state index in [9.17, 15) is 0 Å². The van der Waals surface area contributed by atoms with E-state index in [-0.39, 0.29) is 0 Å². The Morgan fingerprint density at radius 3 is 2.83 bits per heavy atom. The van der Waals surface area contributed by atoms with Crippen LogP contribution in [0.2, 0.25) is 0 Å². The fraction of sp³-hybridized carbons (Fsp3) is 0.625. The smallest absolute Gasteiger partial charge is 0.0449 e. The van der Waals surface area contributed by atoms with Gasteiger partial charge >= 0.3 is 0 Å². The van der Waals surface area contributed by atoms with Crippen LogP contribution < -0.4 is 5.32 Å². The molecule has 1 fully saturated rings. The van der Waals surface area contributed by atoms with Crippen molar-refractivity contribution in [1.29, 1.82) is 0 Å². The van der Waals surface area contributed by atoms with E-state index >= 15 is 0 Å². The average molecular weight is 246 g/mol. The highest BCUT2D eigenvalue weighted by Gasteiger charge is 2.19. The van der Waals surface area contributed by atoms with Gasteiger partial charge in [-0.05, 0) is 31.0 Å². The Hall–Kier alpha value is -0.860. The highest BCUT2D eigenvalue weighted by atomic mass is 15.2. The zero-order valence-electron chi connectivity index (χ0n) is 11.7. The predicted octanol–water partition coefficient (Wildman–Crippen LogP) is 3.07. The van der Waals surface area contributed by atoms with Gasteiger partial charge in [0.05, 0.1) is 0 Å². The number of rotatable bonds is 4. The molecule has 1 aliphatic rings. The van der Waals surface area contributed by atoms with Crippen LogP contribution in [0.5, 0.6) is 0 Å². The summed E-state index contributed by atoms with van der Waals surface area (Å²) in [7, 11) is 0. The minimum absolute atomic E-state index is 0.498. The Kier molecular flexibility index (Phi) is 5.21. The van der Waals surface area contributed by atoms with E-state index in [0.717, 1.165) is 19.0 Å². The molecule has 0 aliphatic carbocycles. The van der Waals surface area contributed by atoms with Crippen molar-refractivity contribution in [3.63, 3.8) is 0 Å². The molecule has 2 atom stereocenters. The summed E-state index contributed by atoms with van der Waals surface area (Å²) in [5.74, 6) is 0.805. The van der Waals surface area contributed by atoms with Crippen LogP contribution in [0.3, 0.4) is 0 Å². The van der Waals surface area contributed by atoms with Gasteiger partial charge in [-0.25, -0.2) is 0 Å². The SMILES string of the molecule is CCC(C)CN1CCCNC(c2ccccc2)C1. The van der Waals surface area contributed by atoms with Crippen molar-refractivity contribution < 1.29 is 0 Å². The third kappa shape index (κ3) is 3.82. The van der Waals surface area contributed by atoms with Crippen molar-refractivity contribution in [2.24, 2.45) is 5.92 Å². The van der Waals surface area contributed by atoms with Gasteiger partial charge in [0.15, 0.2) is 0 Å². The van der Waals surface area contributed by atoms with Gasteiger partial charge in [-0.15, -0.1) is 0 Å². The Morgan fingerprint density at radius 1 is 1.33 bits per heavy atom. The molecule has 2 nitrogen and oxygen atoms in total. The molecule has 0 bridgehead atoms. The van der Waals surface area contributed by atoms with E-state index in [0.29, 0.717) is 6.04 Å². The van der Waals surface area contributed by atoms with E-state index in [1.165, 1.54) is 31.5 Å². The summed E-state index contributed by atoms with van der Waals surface area (Å²) < 4.78 is 0. The van der Waals surface area contributed by atoms with Crippen molar-refractivity contribution >= 4 is 0 Å². The largest absolute Gasteiger partial charge is 0.309 e. The summed E-state index contributed by atoms with van der Waals surface area (Å²) in [5.41, 5.74) is 1.42. The second-order valence-electron chi connectivity index (χ2n) is 5.54. The van der Waals surface area contributed by atoms with Crippen molar-refractivity contribution in [3.05, 3.63) is 35.9 Å². The van der Waals surface area contributed by atoms with Crippen LogP contribution in [-0.4, -0.2) is 31.1 Å². The van der Waals surface area contributed by atoms with Crippen LogP contribution in [0.25, 0.3) is 0 Å². The minimum atomic E-state index is 0.498. The monoisotopic (exact) mass is 246 g/mol. The van der Waals surface area contributed by atoms with Crippen LogP contribution in [0.4, 0.5) is 0 Å². The quantitative estimate of drug-likeness (QED) is 0.878. The van der Waals surface area contributed by atoms with Crippen LogP contribution in [0.1, 0.15) is 38.3 Å². The molecular weight excluding hydrogens is 220 g/mol. The van der Waals surface area contributed by atoms with Gasteiger partial charge in [0, 0.05) is 19.1 Å². The molecule has 18 heavy (non-hydrogen) atoms. The highest BCUT2D eigenvalue weighted by molar-refractivity contribution is 5.19. The topological polar surface area (TPSA) is 15.3 Å². The zero-order valence-corrected chi connectivity index (χ0v) is 11.7. The molecule has 1 aliphatic heterocycles. The standard InChI is InChI=1S/C16H26N2/c1-3-14(2)12-18-11-7-10-17-16(13-18)15-8-5-4-6-9-15/h4-6,8-9,14,16-17H,3,7,10-13H2,1-2H3. The molecular formula is C16H26N2. The summed E-state index contributed by atoms with van der Waals surface area (Å²) in [4.78, 5) is 2.63. The Bertz CT molecular complexity index is 336. The lowest BCUT2D eigenvalue weighted by Gasteiger charge is -2.26. The Morgan fingerprint density at radius 2 is 2.11 bits per heavy atom. The molecule has 2 heteroatoms. The summed E-state index contributed by atoms with van der Waals surface area (Å²) in [6, 6.07) is 11.4. The van der Waals surface area contributed by atoms with Crippen molar-refractivity contribution in [3.8, 4) is 0 Å². The van der Waals surface area contributed by atoms with E-state index in [4.69, 9.17) is 0 Å². The first-order chi connectivity index (χ1) is 8.79. The molecule has 2 unspecified atom stereocenters. The number of hydrogen-bond donors (Lipinski definition) is 1. The lowest BCUT2D eigenvalue weighted by Crippen LogP contribution is -2.34. The predicted molar refractivity (Wildman–Crippen MR) is 77.7 cm³/mol. The Balaban J connectivity index is 1.99. The van der Waals surface area contributed by atoms with Gasteiger partial charge < -0.3 is 10.2 Å². The van der Waals surface area contributed by atoms with E-state index in [2.05, 4.69) is 54.4 Å². The fourth-order valence-electron chi connectivity index (χ4n) is 2.64. The first kappa shape index (κ1) is 13.6. The maximum atomic E-state index is 3.68. The highest BCUT2D eigenvalue weighted by Crippen LogP contribution is 2.18. The van der Waals surface area contributed by atoms with Gasteiger partial charge in [0.2, 0.25) is 0 Å². The molecule has 0 aromatic heterocycles. The van der Waals surface area contributed by atoms with Gasteiger partial charge in [-0.3, -0.25) is 0 Å². The second kappa shape index (κ2) is 6.91. The summed E-state index contributed by atoms with van der Waals surface area (Å²) in [5, 5.41) is 3.68. The van der Waals surface area contributed by atoms with Gasteiger partial charge in [0.25, 0.3) is 0 Å². The lowest BCUT2D eigenvalue weighted by atomic mass is 10.1. The normalized spacial score (nSPS) is 23.6. The van der Waals surface area contributed by atoms with E-state index in [1.807, 2.05) is 0 Å². The maximum absolute atomic E-state index is 3.68. The molecule has 1 aromatic carbocycles. The summed E-state index contributed by atoms with van der Waals surface area (Å²) in [6.45, 7) is 9.40. The maximum Gasteiger partial charge on any atom is 0.0449 e. The number of benzene rings is 1. The molecule has 0 radical (unpaired) electrons. The van der Waals surface area contributed by atoms with E-state index in [1.54, 1.807) is 0 Å². The van der Waals surface area contributed by atoms with Crippen molar-refractivity contribution in [1.82, 2.24) is 10.2 Å². The van der Waals surface area contributed by atoms with Gasteiger partial charge in [-0.1, -0.05) is 50.6 Å². The van der Waals surface area contributed by atoms with Gasteiger partial charge in [0.1, 0.15) is 0 Å².